The first-order valence-electron chi connectivity index (χ1n) is 12.2. The van der Waals surface area contributed by atoms with Crippen LogP contribution in [-0.4, -0.2) is 46.0 Å². The lowest BCUT2D eigenvalue weighted by Gasteiger charge is -2.24. The molecule has 0 aliphatic carbocycles. The van der Waals surface area contributed by atoms with Crippen LogP contribution >= 0.6 is 0 Å². The van der Waals surface area contributed by atoms with E-state index in [1.165, 1.54) is 0 Å². The van der Waals surface area contributed by atoms with E-state index in [2.05, 4.69) is 35.9 Å². The minimum absolute atomic E-state index is 0.379. The van der Waals surface area contributed by atoms with Crippen molar-refractivity contribution in [2.75, 3.05) is 17.7 Å². The van der Waals surface area contributed by atoms with Crippen LogP contribution in [0.3, 0.4) is 0 Å². The highest BCUT2D eigenvalue weighted by molar-refractivity contribution is 5.95. The van der Waals surface area contributed by atoms with Crippen molar-refractivity contribution in [1.82, 2.24) is 34.3 Å². The number of fused-ring (bicyclic) bond motifs is 4. The van der Waals surface area contributed by atoms with Gasteiger partial charge in [0.2, 0.25) is 5.88 Å². The summed E-state index contributed by atoms with van der Waals surface area (Å²) >= 11 is 0. The van der Waals surface area contributed by atoms with Crippen LogP contribution in [-0.2, 0) is 19.5 Å². The van der Waals surface area contributed by atoms with Gasteiger partial charge in [0.05, 0.1) is 24.9 Å². The molecule has 7 heterocycles. The minimum Gasteiger partial charge on any atom is -0.477 e. The molecule has 5 aromatic heterocycles. The Morgan fingerprint density at radius 1 is 1.14 bits per heavy atom. The highest BCUT2D eigenvalue weighted by atomic mass is 16.5. The monoisotopic (exact) mass is 495 g/mol. The third-order valence-electron chi connectivity index (χ3n) is 7.15. The molecule has 4 N–H and O–H groups in total. The van der Waals surface area contributed by atoms with Crippen molar-refractivity contribution < 1.29 is 9.84 Å². The van der Waals surface area contributed by atoms with Gasteiger partial charge in [-0.25, -0.2) is 19.9 Å². The number of pyridine rings is 3. The molecule has 7 rings (SSSR count). The fourth-order valence-corrected chi connectivity index (χ4v) is 5.20. The van der Waals surface area contributed by atoms with Gasteiger partial charge in [0.25, 0.3) is 0 Å². The van der Waals surface area contributed by atoms with Gasteiger partial charge in [0.1, 0.15) is 17.5 Å². The molecule has 0 radical (unpaired) electrons. The highest BCUT2D eigenvalue weighted by Gasteiger charge is 2.25. The molecule has 2 aliphatic rings. The summed E-state index contributed by atoms with van der Waals surface area (Å²) in [5.74, 6) is 3.24. The van der Waals surface area contributed by atoms with E-state index in [0.717, 1.165) is 52.2 Å². The van der Waals surface area contributed by atoms with Crippen LogP contribution < -0.4 is 15.8 Å². The number of aliphatic hydroxyl groups is 1. The average molecular weight is 496 g/mol. The number of anilines is 3. The number of aliphatic hydroxyl groups excluding tert-OH is 1. The van der Waals surface area contributed by atoms with Crippen LogP contribution in [0.2, 0.25) is 0 Å². The summed E-state index contributed by atoms with van der Waals surface area (Å²) in [6, 6.07) is 5.96. The fraction of sp³-hybridized carbons (Fsp3) is 0.269. The Bertz CT molecular complexity index is 1670. The number of nitrogens with one attached hydrogen (secondary N) is 1. The lowest BCUT2D eigenvalue weighted by Crippen LogP contribution is -2.16. The summed E-state index contributed by atoms with van der Waals surface area (Å²) < 4.78 is 9.79. The van der Waals surface area contributed by atoms with Gasteiger partial charge in [0, 0.05) is 72.4 Å². The van der Waals surface area contributed by atoms with Crippen molar-refractivity contribution in [3.63, 3.8) is 0 Å². The van der Waals surface area contributed by atoms with E-state index in [4.69, 9.17) is 15.6 Å². The molecule has 11 heteroatoms. The Balaban J connectivity index is 1.22. The number of imidazole rings is 1. The average Bonchev–Trinajstić information content (AvgIpc) is 3.45. The van der Waals surface area contributed by atoms with E-state index in [-0.39, 0.29) is 0 Å². The third kappa shape index (κ3) is 3.66. The van der Waals surface area contributed by atoms with E-state index in [0.29, 0.717) is 48.3 Å². The van der Waals surface area contributed by atoms with E-state index in [1.54, 1.807) is 12.4 Å². The van der Waals surface area contributed by atoms with E-state index in [9.17, 15) is 5.11 Å². The lowest BCUT2D eigenvalue weighted by atomic mass is 9.95. The Morgan fingerprint density at radius 2 is 2.05 bits per heavy atom. The highest BCUT2D eigenvalue weighted by Crippen LogP contribution is 2.38. The van der Waals surface area contributed by atoms with Crippen molar-refractivity contribution in [1.29, 1.82) is 0 Å². The number of hydrogen-bond acceptors (Lipinski definition) is 9. The third-order valence-corrected chi connectivity index (χ3v) is 7.15. The van der Waals surface area contributed by atoms with Crippen LogP contribution in [0.15, 0.2) is 43.0 Å². The quantitative estimate of drug-likeness (QED) is 0.344. The maximum absolute atomic E-state index is 10.5. The first-order chi connectivity index (χ1) is 18.0. The molecule has 11 nitrogen and oxygen atoms in total. The van der Waals surface area contributed by atoms with E-state index >= 15 is 0 Å². The van der Waals surface area contributed by atoms with Crippen molar-refractivity contribution in [2.45, 2.75) is 39.0 Å². The Morgan fingerprint density at radius 3 is 2.97 bits per heavy atom. The number of hydrogen-bond donors (Lipinski definition) is 3. The van der Waals surface area contributed by atoms with Crippen molar-refractivity contribution in [3.05, 3.63) is 65.6 Å². The van der Waals surface area contributed by atoms with Gasteiger partial charge in [-0.1, -0.05) is 0 Å². The zero-order valence-corrected chi connectivity index (χ0v) is 20.2. The maximum atomic E-state index is 10.5. The Kier molecular flexibility index (Phi) is 4.86. The predicted molar refractivity (Wildman–Crippen MR) is 138 cm³/mol. The molecule has 0 unspecified atom stereocenters. The van der Waals surface area contributed by atoms with Crippen molar-refractivity contribution in [3.8, 4) is 17.1 Å². The largest absolute Gasteiger partial charge is 0.477 e. The second kappa shape index (κ2) is 8.27. The molecule has 37 heavy (non-hydrogen) atoms. The number of nitrogens with zero attached hydrogens (tertiary/aromatic N) is 7. The SMILES string of the molecule is Cc1c(-c2cc3cc(Nc4cc5n(n4)Cc4nccn4CC5)ncc3c(N)n2)cnc2c1[C@H](O)CCO2. The molecule has 186 valence electrons. The van der Waals surface area contributed by atoms with Crippen LogP contribution in [0.25, 0.3) is 22.0 Å². The van der Waals surface area contributed by atoms with E-state index < -0.39 is 6.10 Å². The lowest BCUT2D eigenvalue weighted by molar-refractivity contribution is 0.111. The smallest absolute Gasteiger partial charge is 0.219 e. The van der Waals surface area contributed by atoms with Crippen LogP contribution in [0, 0.1) is 6.92 Å². The second-order valence-corrected chi connectivity index (χ2v) is 9.44. The maximum Gasteiger partial charge on any atom is 0.219 e. The zero-order chi connectivity index (χ0) is 25.1. The predicted octanol–water partition coefficient (Wildman–Crippen LogP) is 3.14. The molecular formula is C26H25N9O2. The van der Waals surface area contributed by atoms with Gasteiger partial charge in [-0.15, -0.1) is 0 Å². The number of aryl methyl sites for hydroxylation is 2. The summed E-state index contributed by atoms with van der Waals surface area (Å²) in [6.07, 6.45) is 8.08. The molecule has 0 bridgehead atoms. The standard InChI is InChI=1S/C26H25N9O2/c1-14-17(11-30-26-24(14)20(36)3-7-37-26)19-8-15-9-21(29-12-18(15)25(27)31-19)32-22-10-16-2-5-34-6-4-28-23(34)13-35(16)33-22/h4,6,8-12,20,36H,2-3,5,7,13H2,1H3,(H2,27,31)(H,29,32,33)/t20-/m1/s1. The van der Waals surface area contributed by atoms with Crippen LogP contribution in [0.1, 0.15) is 35.2 Å². The normalized spacial score (nSPS) is 16.4. The Hall–Kier alpha value is -4.51. The fourth-order valence-electron chi connectivity index (χ4n) is 5.20. The van der Waals surface area contributed by atoms with E-state index in [1.807, 2.05) is 36.1 Å². The Labute approximate surface area is 212 Å². The van der Waals surface area contributed by atoms with Crippen molar-refractivity contribution >= 4 is 28.2 Å². The van der Waals surface area contributed by atoms with Gasteiger partial charge < -0.3 is 25.5 Å². The second-order valence-electron chi connectivity index (χ2n) is 9.44. The molecular weight excluding hydrogens is 470 g/mol. The number of ether oxygens (including phenoxy) is 1. The van der Waals surface area contributed by atoms with Gasteiger partial charge >= 0.3 is 0 Å². The molecule has 0 saturated heterocycles. The van der Waals surface area contributed by atoms with Crippen molar-refractivity contribution in [2.24, 2.45) is 0 Å². The molecule has 2 aliphatic heterocycles. The first kappa shape index (κ1) is 21.7. The number of aromatic nitrogens is 7. The molecule has 0 spiro atoms. The summed E-state index contributed by atoms with van der Waals surface area (Å²) in [7, 11) is 0. The molecule has 5 aromatic rings. The van der Waals surface area contributed by atoms with Crippen LogP contribution in [0.5, 0.6) is 5.88 Å². The molecule has 0 saturated carbocycles. The molecule has 0 aromatic carbocycles. The summed E-state index contributed by atoms with van der Waals surface area (Å²) in [5, 5.41) is 20.3. The topological polar surface area (TPSA) is 142 Å². The van der Waals surface area contributed by atoms with Gasteiger partial charge in [-0.05, 0) is 30.0 Å². The minimum atomic E-state index is -0.612. The van der Waals surface area contributed by atoms with Crippen LogP contribution in [0.4, 0.5) is 17.5 Å². The first-order valence-corrected chi connectivity index (χ1v) is 12.2. The molecule has 0 fully saturated rings. The van der Waals surface area contributed by atoms with Gasteiger partial charge in [0.15, 0.2) is 5.82 Å². The summed E-state index contributed by atoms with van der Waals surface area (Å²) in [5.41, 5.74) is 10.6. The number of rotatable bonds is 3. The van der Waals surface area contributed by atoms with Gasteiger partial charge in [-0.3, -0.25) is 4.68 Å². The number of nitrogens with two attached hydrogens (primary N) is 1. The number of nitrogen functional groups attached to an aromatic ring is 1. The molecule has 1 atom stereocenters. The zero-order valence-electron chi connectivity index (χ0n) is 20.2. The summed E-state index contributed by atoms with van der Waals surface area (Å²) in [6.45, 7) is 3.91. The molecule has 0 amide bonds. The van der Waals surface area contributed by atoms with Gasteiger partial charge in [-0.2, -0.15) is 5.10 Å². The summed E-state index contributed by atoms with van der Waals surface area (Å²) in [4.78, 5) is 18.0.